The zero-order valence-corrected chi connectivity index (χ0v) is 9.15. The smallest absolute Gasteiger partial charge is 0.228 e. The van der Waals surface area contributed by atoms with E-state index in [2.05, 4.69) is 0 Å². The number of carbonyl (C=O) groups is 1. The second-order valence-corrected chi connectivity index (χ2v) is 4.58. The van der Waals surface area contributed by atoms with Gasteiger partial charge in [-0.25, -0.2) is 0 Å². The fourth-order valence-corrected chi connectivity index (χ4v) is 2.49. The molecule has 2 unspecified atom stereocenters. The lowest BCUT2D eigenvalue weighted by Crippen LogP contribution is -2.34. The maximum Gasteiger partial charge on any atom is 0.228 e. The summed E-state index contributed by atoms with van der Waals surface area (Å²) in [6.07, 6.45) is 3.07. The third-order valence-electron chi connectivity index (χ3n) is 3.45. The summed E-state index contributed by atoms with van der Waals surface area (Å²) >= 11 is 0. The minimum absolute atomic E-state index is 0.127. The number of ether oxygens (including phenoxy) is 1. The number of amides is 1. The minimum atomic E-state index is 0.127. The standard InChI is InChI=1S/C11H20N2O2/c12-4-1-9-2-5-13(7-9)11(14)10-3-6-15-8-10/h9-10H,1-8,12H2. The van der Waals surface area contributed by atoms with Gasteiger partial charge in [-0.05, 0) is 31.7 Å². The highest BCUT2D eigenvalue weighted by Gasteiger charge is 2.32. The number of nitrogens with two attached hydrogens (primary N) is 1. The second kappa shape index (κ2) is 4.94. The van der Waals surface area contributed by atoms with Gasteiger partial charge in [0, 0.05) is 19.7 Å². The molecule has 2 aliphatic rings. The van der Waals surface area contributed by atoms with Crippen molar-refractivity contribution in [2.45, 2.75) is 19.3 Å². The van der Waals surface area contributed by atoms with Crippen molar-refractivity contribution in [2.24, 2.45) is 17.6 Å². The quantitative estimate of drug-likeness (QED) is 0.728. The molecule has 0 spiro atoms. The maximum atomic E-state index is 12.0. The third kappa shape index (κ3) is 2.49. The van der Waals surface area contributed by atoms with Gasteiger partial charge in [0.25, 0.3) is 0 Å². The summed E-state index contributed by atoms with van der Waals surface area (Å²) in [4.78, 5) is 14.0. The van der Waals surface area contributed by atoms with E-state index in [9.17, 15) is 4.79 Å². The van der Waals surface area contributed by atoms with Crippen LogP contribution in [0.3, 0.4) is 0 Å². The molecule has 15 heavy (non-hydrogen) atoms. The van der Waals surface area contributed by atoms with Crippen molar-refractivity contribution in [1.82, 2.24) is 4.90 Å². The van der Waals surface area contributed by atoms with E-state index >= 15 is 0 Å². The first kappa shape index (κ1) is 10.9. The van der Waals surface area contributed by atoms with Crippen LogP contribution in [0.5, 0.6) is 0 Å². The van der Waals surface area contributed by atoms with Crippen molar-refractivity contribution in [3.05, 3.63) is 0 Å². The normalized spacial score (nSPS) is 31.1. The molecule has 0 aliphatic carbocycles. The molecule has 0 radical (unpaired) electrons. The molecule has 2 heterocycles. The van der Waals surface area contributed by atoms with E-state index in [0.717, 1.165) is 45.5 Å². The predicted molar refractivity (Wildman–Crippen MR) is 57.3 cm³/mol. The van der Waals surface area contributed by atoms with Gasteiger partial charge in [0.2, 0.25) is 5.91 Å². The number of nitrogens with zero attached hydrogens (tertiary/aromatic N) is 1. The Morgan fingerprint density at radius 2 is 2.33 bits per heavy atom. The van der Waals surface area contributed by atoms with E-state index in [1.807, 2.05) is 4.90 Å². The van der Waals surface area contributed by atoms with Crippen LogP contribution in [0.15, 0.2) is 0 Å². The molecular weight excluding hydrogens is 192 g/mol. The van der Waals surface area contributed by atoms with E-state index in [-0.39, 0.29) is 5.92 Å². The van der Waals surface area contributed by atoms with Crippen LogP contribution in [0, 0.1) is 11.8 Å². The summed E-state index contributed by atoms with van der Waals surface area (Å²) in [6.45, 7) is 3.93. The molecular formula is C11H20N2O2. The zero-order chi connectivity index (χ0) is 10.7. The van der Waals surface area contributed by atoms with Gasteiger partial charge >= 0.3 is 0 Å². The molecule has 1 amide bonds. The Labute approximate surface area is 90.8 Å². The highest BCUT2D eigenvalue weighted by Crippen LogP contribution is 2.23. The fraction of sp³-hybridized carbons (Fsp3) is 0.909. The average molecular weight is 212 g/mol. The van der Waals surface area contributed by atoms with Gasteiger partial charge in [-0.3, -0.25) is 4.79 Å². The predicted octanol–water partition coefficient (Wildman–Crippen LogP) is 0.220. The van der Waals surface area contributed by atoms with Crippen molar-refractivity contribution < 1.29 is 9.53 Å². The molecule has 0 saturated carbocycles. The monoisotopic (exact) mass is 212 g/mol. The summed E-state index contributed by atoms with van der Waals surface area (Å²) in [7, 11) is 0. The van der Waals surface area contributed by atoms with Crippen LogP contribution < -0.4 is 5.73 Å². The van der Waals surface area contributed by atoms with Crippen molar-refractivity contribution in [2.75, 3.05) is 32.8 Å². The van der Waals surface area contributed by atoms with Crippen LogP contribution in [-0.4, -0.2) is 43.7 Å². The van der Waals surface area contributed by atoms with E-state index in [1.54, 1.807) is 0 Å². The second-order valence-electron chi connectivity index (χ2n) is 4.58. The van der Waals surface area contributed by atoms with Gasteiger partial charge in [0.1, 0.15) is 0 Å². The van der Waals surface area contributed by atoms with Crippen molar-refractivity contribution >= 4 is 5.91 Å². The lowest BCUT2D eigenvalue weighted by Gasteiger charge is -2.19. The average Bonchev–Trinajstić information content (AvgIpc) is 2.87. The van der Waals surface area contributed by atoms with Gasteiger partial charge in [-0.2, -0.15) is 0 Å². The van der Waals surface area contributed by atoms with Crippen molar-refractivity contribution in [3.8, 4) is 0 Å². The van der Waals surface area contributed by atoms with Crippen molar-refractivity contribution in [1.29, 1.82) is 0 Å². The Bertz CT molecular complexity index is 227. The fourth-order valence-electron chi connectivity index (χ4n) is 2.49. The van der Waals surface area contributed by atoms with Gasteiger partial charge in [-0.1, -0.05) is 0 Å². The molecule has 0 aromatic heterocycles. The molecule has 0 aromatic carbocycles. The molecule has 2 atom stereocenters. The summed E-state index contributed by atoms with van der Waals surface area (Å²) in [5.74, 6) is 1.05. The van der Waals surface area contributed by atoms with Gasteiger partial charge in [0.15, 0.2) is 0 Å². The van der Waals surface area contributed by atoms with Gasteiger partial charge in [-0.15, -0.1) is 0 Å². The number of carbonyl (C=O) groups excluding carboxylic acids is 1. The number of rotatable bonds is 3. The highest BCUT2D eigenvalue weighted by molar-refractivity contribution is 5.79. The lowest BCUT2D eigenvalue weighted by molar-refractivity contribution is -0.134. The first-order valence-electron chi connectivity index (χ1n) is 5.88. The summed E-state index contributed by atoms with van der Waals surface area (Å²) in [5.41, 5.74) is 5.53. The van der Waals surface area contributed by atoms with Crippen LogP contribution >= 0.6 is 0 Å². The topological polar surface area (TPSA) is 55.6 Å². The van der Waals surface area contributed by atoms with Crippen molar-refractivity contribution in [3.63, 3.8) is 0 Å². The van der Waals surface area contributed by atoms with E-state index in [1.165, 1.54) is 0 Å². The van der Waals surface area contributed by atoms with Crippen LogP contribution in [0.2, 0.25) is 0 Å². The lowest BCUT2D eigenvalue weighted by atomic mass is 10.1. The Balaban J connectivity index is 1.81. The molecule has 2 rings (SSSR count). The number of likely N-dealkylation sites (tertiary alicyclic amines) is 1. The SMILES string of the molecule is NCCC1CCN(C(=O)C2CCOC2)C1. The maximum absolute atomic E-state index is 12.0. The summed E-state index contributed by atoms with van der Waals surface area (Å²) in [5, 5.41) is 0. The van der Waals surface area contributed by atoms with Gasteiger partial charge in [0.05, 0.1) is 12.5 Å². The molecule has 0 aromatic rings. The van der Waals surface area contributed by atoms with Crippen LogP contribution in [0.25, 0.3) is 0 Å². The zero-order valence-electron chi connectivity index (χ0n) is 9.15. The first-order chi connectivity index (χ1) is 7.31. The summed E-state index contributed by atoms with van der Waals surface area (Å²) in [6, 6.07) is 0. The third-order valence-corrected chi connectivity index (χ3v) is 3.45. The Hall–Kier alpha value is -0.610. The molecule has 2 N–H and O–H groups in total. The highest BCUT2D eigenvalue weighted by atomic mass is 16.5. The molecule has 2 aliphatic heterocycles. The van der Waals surface area contributed by atoms with Crippen LogP contribution in [-0.2, 0) is 9.53 Å². The molecule has 4 nitrogen and oxygen atoms in total. The largest absolute Gasteiger partial charge is 0.381 e. The Morgan fingerprint density at radius 3 is 3.00 bits per heavy atom. The van der Waals surface area contributed by atoms with Crippen LogP contribution in [0.4, 0.5) is 0 Å². The molecule has 0 bridgehead atoms. The summed E-state index contributed by atoms with van der Waals surface area (Å²) < 4.78 is 5.24. The van der Waals surface area contributed by atoms with E-state index < -0.39 is 0 Å². The Morgan fingerprint density at radius 1 is 1.47 bits per heavy atom. The minimum Gasteiger partial charge on any atom is -0.381 e. The number of hydrogen-bond acceptors (Lipinski definition) is 3. The van der Waals surface area contributed by atoms with E-state index in [0.29, 0.717) is 18.4 Å². The van der Waals surface area contributed by atoms with E-state index in [4.69, 9.17) is 10.5 Å². The number of hydrogen-bond donors (Lipinski definition) is 1. The molecule has 86 valence electrons. The molecule has 2 saturated heterocycles. The molecule has 4 heteroatoms. The van der Waals surface area contributed by atoms with Gasteiger partial charge < -0.3 is 15.4 Å². The Kier molecular flexibility index (Phi) is 3.59. The molecule has 2 fully saturated rings. The van der Waals surface area contributed by atoms with Crippen LogP contribution in [0.1, 0.15) is 19.3 Å². The first-order valence-corrected chi connectivity index (χ1v) is 5.88.